The van der Waals surface area contributed by atoms with Gasteiger partial charge in [-0.25, -0.2) is 14.6 Å². The first-order chi connectivity index (χ1) is 12.1. The second-order valence-electron chi connectivity index (χ2n) is 5.30. The Hall–Kier alpha value is -3.42. The van der Waals surface area contributed by atoms with Gasteiger partial charge in [-0.15, -0.1) is 0 Å². The van der Waals surface area contributed by atoms with Crippen LogP contribution in [-0.2, 0) is 0 Å². The molecule has 0 amide bonds. The number of pyridine rings is 2. The van der Waals surface area contributed by atoms with Gasteiger partial charge in [0.2, 0.25) is 0 Å². The summed E-state index contributed by atoms with van der Waals surface area (Å²) in [5.74, 6) is 2.45. The first-order valence-corrected chi connectivity index (χ1v) is 7.67. The van der Waals surface area contributed by atoms with Crippen LogP contribution < -0.4 is 15.4 Å². The fraction of sp³-hybridized carbons (Fsp3) is 0.176. The van der Waals surface area contributed by atoms with Crippen LogP contribution in [0.1, 0.15) is 11.3 Å². The van der Waals surface area contributed by atoms with E-state index < -0.39 is 0 Å². The van der Waals surface area contributed by atoms with Gasteiger partial charge in [-0.1, -0.05) is 6.07 Å². The lowest BCUT2D eigenvalue weighted by atomic mass is 10.2. The normalized spacial score (nSPS) is 10.4. The summed E-state index contributed by atoms with van der Waals surface area (Å²) in [6, 6.07) is 7.51. The van der Waals surface area contributed by atoms with Gasteiger partial charge in [0.05, 0.1) is 30.8 Å². The number of aryl methyl sites for hydroxylation is 1. The Morgan fingerprint density at radius 2 is 2.12 bits per heavy atom. The molecule has 0 aromatic carbocycles. The van der Waals surface area contributed by atoms with Crippen LogP contribution in [0.2, 0.25) is 0 Å². The van der Waals surface area contributed by atoms with Gasteiger partial charge in [-0.2, -0.15) is 5.10 Å². The van der Waals surface area contributed by atoms with Crippen molar-refractivity contribution >= 4 is 23.5 Å². The second kappa shape index (κ2) is 7.00. The van der Waals surface area contributed by atoms with E-state index in [1.807, 2.05) is 31.3 Å². The molecule has 0 bridgehead atoms. The number of nitrogens with zero attached hydrogens (tertiary/aromatic N) is 4. The highest BCUT2D eigenvalue weighted by Gasteiger charge is 2.11. The van der Waals surface area contributed by atoms with E-state index in [4.69, 9.17) is 10.1 Å². The summed E-state index contributed by atoms with van der Waals surface area (Å²) in [7, 11) is 3.31. The lowest BCUT2D eigenvalue weighted by molar-refractivity contribution is 0.414. The molecule has 0 unspecified atom stereocenters. The number of ether oxygens (including phenoxy) is 1. The van der Waals surface area contributed by atoms with E-state index in [2.05, 4.69) is 25.7 Å². The van der Waals surface area contributed by atoms with E-state index in [9.17, 15) is 0 Å². The number of hydrogen-bond acceptors (Lipinski definition) is 7. The van der Waals surface area contributed by atoms with Crippen molar-refractivity contribution in [3.8, 4) is 11.6 Å². The van der Waals surface area contributed by atoms with Gasteiger partial charge in [0.15, 0.2) is 5.82 Å². The highest BCUT2D eigenvalue weighted by atomic mass is 16.5. The van der Waals surface area contributed by atoms with Gasteiger partial charge in [-0.3, -0.25) is 0 Å². The maximum Gasteiger partial charge on any atom is 0.153 e. The maximum atomic E-state index is 7.51. The molecular weight excluding hydrogens is 318 g/mol. The standard InChI is InChI=1S/C17H19N7O/c1-11-5-4-6-16(21-11)24-10-12(9-20-24)22-15-7-14(25-3)13(8-18)17(19-2)23-15/h4-10,18H,1-3H3,(H2,19,22,23). The molecule has 8 heteroatoms. The van der Waals surface area contributed by atoms with Gasteiger partial charge in [-0.05, 0) is 19.1 Å². The third-order valence-corrected chi connectivity index (χ3v) is 3.59. The molecule has 3 rings (SSSR count). The van der Waals surface area contributed by atoms with Crippen molar-refractivity contribution in [3.05, 3.63) is 47.9 Å². The van der Waals surface area contributed by atoms with Crippen LogP contribution in [0.3, 0.4) is 0 Å². The minimum Gasteiger partial charge on any atom is -0.496 e. The van der Waals surface area contributed by atoms with Crippen molar-refractivity contribution < 1.29 is 4.74 Å². The molecular formula is C17H19N7O. The Morgan fingerprint density at radius 3 is 2.80 bits per heavy atom. The van der Waals surface area contributed by atoms with E-state index in [1.165, 1.54) is 6.21 Å². The Kier molecular flexibility index (Phi) is 4.60. The van der Waals surface area contributed by atoms with Crippen LogP contribution in [-0.4, -0.2) is 40.1 Å². The lowest BCUT2D eigenvalue weighted by Gasteiger charge is -2.12. The number of anilines is 3. The number of nitrogens with one attached hydrogen (secondary N) is 3. The van der Waals surface area contributed by atoms with Gasteiger partial charge in [0.1, 0.15) is 17.4 Å². The minimum absolute atomic E-state index is 0.560. The zero-order valence-electron chi connectivity index (χ0n) is 14.2. The number of aromatic nitrogens is 4. The second-order valence-corrected chi connectivity index (χ2v) is 5.30. The average Bonchev–Trinajstić information content (AvgIpc) is 3.09. The highest BCUT2D eigenvalue weighted by molar-refractivity contribution is 5.89. The van der Waals surface area contributed by atoms with Crippen molar-refractivity contribution in [1.29, 1.82) is 5.41 Å². The highest BCUT2D eigenvalue weighted by Crippen LogP contribution is 2.28. The maximum absolute atomic E-state index is 7.51. The molecule has 0 fully saturated rings. The van der Waals surface area contributed by atoms with Crippen LogP contribution in [0, 0.1) is 12.3 Å². The molecule has 0 saturated carbocycles. The summed E-state index contributed by atoms with van der Waals surface area (Å²) >= 11 is 0. The first-order valence-electron chi connectivity index (χ1n) is 7.67. The number of rotatable bonds is 6. The monoisotopic (exact) mass is 337 g/mol. The first kappa shape index (κ1) is 16.4. The molecule has 3 aromatic heterocycles. The van der Waals surface area contributed by atoms with Gasteiger partial charge in [0.25, 0.3) is 0 Å². The van der Waals surface area contributed by atoms with Crippen LogP contribution >= 0.6 is 0 Å². The van der Waals surface area contributed by atoms with E-state index >= 15 is 0 Å². The summed E-state index contributed by atoms with van der Waals surface area (Å²) in [6.07, 6.45) is 4.74. The van der Waals surface area contributed by atoms with Gasteiger partial charge in [0, 0.05) is 25.0 Å². The molecule has 8 nitrogen and oxygen atoms in total. The van der Waals surface area contributed by atoms with Crippen molar-refractivity contribution in [2.45, 2.75) is 6.92 Å². The average molecular weight is 337 g/mol. The predicted molar refractivity (Wildman–Crippen MR) is 97.6 cm³/mol. The summed E-state index contributed by atoms with van der Waals surface area (Å²) in [5, 5.41) is 18.0. The van der Waals surface area contributed by atoms with E-state index in [0.717, 1.165) is 17.2 Å². The van der Waals surface area contributed by atoms with Gasteiger partial charge < -0.3 is 20.8 Å². The zero-order chi connectivity index (χ0) is 17.8. The lowest BCUT2D eigenvalue weighted by Crippen LogP contribution is -2.04. The third kappa shape index (κ3) is 3.42. The zero-order valence-corrected chi connectivity index (χ0v) is 14.2. The van der Waals surface area contributed by atoms with Crippen molar-refractivity contribution in [1.82, 2.24) is 19.7 Å². The number of methoxy groups -OCH3 is 1. The number of hydrogen-bond donors (Lipinski definition) is 3. The summed E-state index contributed by atoms with van der Waals surface area (Å²) < 4.78 is 7.03. The van der Waals surface area contributed by atoms with Crippen LogP contribution in [0.5, 0.6) is 5.75 Å². The largest absolute Gasteiger partial charge is 0.496 e. The van der Waals surface area contributed by atoms with E-state index in [0.29, 0.717) is 22.9 Å². The Labute approximate surface area is 145 Å². The quantitative estimate of drug-likeness (QED) is 0.598. The molecule has 128 valence electrons. The molecule has 0 aliphatic heterocycles. The van der Waals surface area contributed by atoms with Gasteiger partial charge >= 0.3 is 0 Å². The molecule has 25 heavy (non-hydrogen) atoms. The van der Waals surface area contributed by atoms with Crippen molar-refractivity contribution in [2.75, 3.05) is 24.8 Å². The van der Waals surface area contributed by atoms with Crippen LogP contribution in [0.15, 0.2) is 36.7 Å². The molecule has 0 atom stereocenters. The minimum atomic E-state index is 0.560. The Bertz CT molecular complexity index is 879. The summed E-state index contributed by atoms with van der Waals surface area (Å²) in [5.41, 5.74) is 2.28. The third-order valence-electron chi connectivity index (χ3n) is 3.59. The molecule has 0 aliphatic rings. The van der Waals surface area contributed by atoms with Crippen molar-refractivity contribution in [2.24, 2.45) is 0 Å². The molecule has 3 N–H and O–H groups in total. The molecule has 3 aromatic rings. The van der Waals surface area contributed by atoms with Crippen molar-refractivity contribution in [3.63, 3.8) is 0 Å². The van der Waals surface area contributed by atoms with Crippen LogP contribution in [0.25, 0.3) is 5.82 Å². The summed E-state index contributed by atoms with van der Waals surface area (Å²) in [6.45, 7) is 1.94. The summed E-state index contributed by atoms with van der Waals surface area (Å²) in [4.78, 5) is 8.90. The van der Waals surface area contributed by atoms with E-state index in [-0.39, 0.29) is 0 Å². The SMILES string of the molecule is CNc1nc(Nc2cnn(-c3cccc(C)n3)c2)cc(OC)c1C=N. The molecule has 0 saturated heterocycles. The van der Waals surface area contributed by atoms with E-state index in [1.54, 1.807) is 31.1 Å². The Morgan fingerprint density at radius 1 is 1.28 bits per heavy atom. The molecule has 3 heterocycles. The molecule has 0 spiro atoms. The Balaban J connectivity index is 1.89. The topological polar surface area (TPSA) is 101 Å². The fourth-order valence-electron chi connectivity index (χ4n) is 2.41. The van der Waals surface area contributed by atoms with Crippen LogP contribution in [0.4, 0.5) is 17.3 Å². The predicted octanol–water partition coefficient (Wildman–Crippen LogP) is 2.76. The molecule has 0 aliphatic carbocycles. The molecule has 0 radical (unpaired) electrons. The fourth-order valence-corrected chi connectivity index (χ4v) is 2.41. The smallest absolute Gasteiger partial charge is 0.153 e.